The zero-order valence-electron chi connectivity index (χ0n) is 12.6. The molecule has 1 atom stereocenters. The highest BCUT2D eigenvalue weighted by Crippen LogP contribution is 2.42. The highest BCUT2D eigenvalue weighted by atomic mass is 35.5. The monoisotopic (exact) mass is 444 g/mol. The van der Waals surface area contributed by atoms with E-state index in [9.17, 15) is 22.4 Å². The van der Waals surface area contributed by atoms with Crippen molar-refractivity contribution in [2.45, 2.75) is 12.1 Å². The highest BCUT2D eigenvalue weighted by molar-refractivity contribution is 6.48. The molecule has 0 saturated carbocycles. The van der Waals surface area contributed by atoms with Gasteiger partial charge in [-0.05, 0) is 35.9 Å². The van der Waals surface area contributed by atoms with Crippen molar-refractivity contribution in [1.29, 1.82) is 0 Å². The summed E-state index contributed by atoms with van der Waals surface area (Å²) < 4.78 is 54.7. The van der Waals surface area contributed by atoms with Crippen molar-refractivity contribution in [3.05, 3.63) is 73.2 Å². The Morgan fingerprint density at radius 3 is 2.00 bits per heavy atom. The molecule has 0 aliphatic carbocycles. The molecule has 9 heteroatoms. The smallest absolute Gasteiger partial charge is 0.298 e. The average Bonchev–Trinajstić information content (AvgIpc) is 2.55. The summed E-state index contributed by atoms with van der Waals surface area (Å²) >= 11 is 23.1. The largest absolute Gasteiger partial charge is 0.399 e. The first-order chi connectivity index (χ1) is 12.0. The molecule has 0 amide bonds. The summed E-state index contributed by atoms with van der Waals surface area (Å²) in [6, 6.07) is 5.36. The predicted octanol–water partition coefficient (Wildman–Crippen LogP) is 7.77. The Balaban J connectivity index is 2.53. The molecule has 0 bridgehead atoms. The molecule has 0 spiro atoms. The van der Waals surface area contributed by atoms with Gasteiger partial charge in [0.05, 0.1) is 20.1 Å². The maximum atomic E-state index is 14.4. The van der Waals surface area contributed by atoms with Gasteiger partial charge in [-0.25, -0.2) is 4.39 Å². The number of carbonyl (C=O) groups excluding carboxylic acids is 1. The van der Waals surface area contributed by atoms with E-state index in [0.717, 1.165) is 24.3 Å². The molecule has 2 rings (SSSR count). The SMILES string of the molecule is O=Cc1ccc(/C(F)=C/C(c2cc(Cl)c(Cl)c(Cl)c2)C(F)(F)F)cc1Cl. The Labute approximate surface area is 166 Å². The molecule has 26 heavy (non-hydrogen) atoms. The van der Waals surface area contributed by atoms with Crippen LogP contribution < -0.4 is 0 Å². The summed E-state index contributed by atoms with van der Waals surface area (Å²) in [5.74, 6) is -3.49. The number of halogens is 8. The molecule has 0 aliphatic heterocycles. The first-order valence-corrected chi connectivity index (χ1v) is 8.39. The number of alkyl halides is 3. The van der Waals surface area contributed by atoms with E-state index in [1.165, 1.54) is 6.07 Å². The van der Waals surface area contributed by atoms with E-state index in [0.29, 0.717) is 12.4 Å². The van der Waals surface area contributed by atoms with Gasteiger partial charge in [0, 0.05) is 11.1 Å². The third-order valence-electron chi connectivity index (χ3n) is 3.43. The number of allylic oxidation sites excluding steroid dienone is 1. The second-order valence-electron chi connectivity index (χ2n) is 5.19. The van der Waals surface area contributed by atoms with E-state index < -0.39 is 17.9 Å². The van der Waals surface area contributed by atoms with Gasteiger partial charge < -0.3 is 0 Å². The van der Waals surface area contributed by atoms with Crippen LogP contribution in [0.25, 0.3) is 5.83 Å². The summed E-state index contributed by atoms with van der Waals surface area (Å²) in [5, 5.41) is -0.549. The van der Waals surface area contributed by atoms with Crippen LogP contribution >= 0.6 is 46.4 Å². The molecule has 1 nitrogen and oxygen atoms in total. The van der Waals surface area contributed by atoms with Gasteiger partial charge in [0.1, 0.15) is 11.7 Å². The number of carbonyl (C=O) groups is 1. The Morgan fingerprint density at radius 1 is 0.962 bits per heavy atom. The fourth-order valence-corrected chi connectivity index (χ4v) is 2.99. The quantitative estimate of drug-likeness (QED) is 0.267. The minimum absolute atomic E-state index is 0.0813. The zero-order chi connectivity index (χ0) is 19.6. The molecule has 2 aromatic carbocycles. The van der Waals surface area contributed by atoms with E-state index in [2.05, 4.69) is 0 Å². The predicted molar refractivity (Wildman–Crippen MR) is 96.2 cm³/mol. The highest BCUT2D eigenvalue weighted by Gasteiger charge is 2.40. The number of hydrogen-bond acceptors (Lipinski definition) is 1. The fraction of sp³-hybridized carbons (Fsp3) is 0.118. The topological polar surface area (TPSA) is 17.1 Å². The molecular formula is C17H8Cl4F4O. The van der Waals surface area contributed by atoms with E-state index in [1.54, 1.807) is 0 Å². The molecular weight excluding hydrogens is 438 g/mol. The van der Waals surface area contributed by atoms with E-state index >= 15 is 0 Å². The number of hydrogen-bond donors (Lipinski definition) is 0. The van der Waals surface area contributed by atoms with E-state index in [1.807, 2.05) is 0 Å². The van der Waals surface area contributed by atoms with Crippen LogP contribution in [0.15, 0.2) is 36.4 Å². The Kier molecular flexibility index (Phi) is 6.61. The Hall–Kier alpha value is -1.27. The molecule has 2 aromatic rings. The van der Waals surface area contributed by atoms with Crippen LogP contribution in [0.2, 0.25) is 20.1 Å². The first kappa shape index (κ1) is 21.0. The van der Waals surface area contributed by atoms with Crippen molar-refractivity contribution >= 4 is 58.5 Å². The lowest BCUT2D eigenvalue weighted by Crippen LogP contribution is -2.19. The van der Waals surface area contributed by atoms with Crippen molar-refractivity contribution < 1.29 is 22.4 Å². The van der Waals surface area contributed by atoms with Gasteiger partial charge >= 0.3 is 6.18 Å². The molecule has 138 valence electrons. The molecule has 0 heterocycles. The van der Waals surface area contributed by atoms with Crippen molar-refractivity contribution in [3.8, 4) is 0 Å². The second kappa shape index (κ2) is 8.17. The Bertz CT molecular complexity index is 855. The van der Waals surface area contributed by atoms with Crippen LogP contribution in [0.5, 0.6) is 0 Å². The number of aldehydes is 1. The molecule has 0 N–H and O–H groups in total. The van der Waals surface area contributed by atoms with Gasteiger partial charge in [0.2, 0.25) is 0 Å². The summed E-state index contributed by atoms with van der Waals surface area (Å²) in [5.41, 5.74) is -0.490. The molecule has 0 fully saturated rings. The van der Waals surface area contributed by atoms with Crippen LogP contribution in [0.4, 0.5) is 17.6 Å². The lowest BCUT2D eigenvalue weighted by atomic mass is 9.96. The van der Waals surface area contributed by atoms with Gasteiger partial charge in [-0.15, -0.1) is 0 Å². The lowest BCUT2D eigenvalue weighted by Gasteiger charge is -2.19. The van der Waals surface area contributed by atoms with Gasteiger partial charge in [0.15, 0.2) is 6.29 Å². The van der Waals surface area contributed by atoms with Gasteiger partial charge in [-0.2, -0.15) is 13.2 Å². The third kappa shape index (κ3) is 4.71. The average molecular weight is 446 g/mol. The standard InChI is InChI=1S/C17H8Cl4F4O/c18-12-3-8(1-2-9(12)7-26)15(22)6-11(17(23,24)25)10-4-13(19)16(21)14(20)5-10/h1-7,11H/b15-6-. The molecule has 0 saturated heterocycles. The minimum atomic E-state index is -4.82. The number of rotatable bonds is 4. The second-order valence-corrected chi connectivity index (χ2v) is 6.79. The zero-order valence-corrected chi connectivity index (χ0v) is 15.6. The lowest BCUT2D eigenvalue weighted by molar-refractivity contribution is -0.139. The van der Waals surface area contributed by atoms with Crippen molar-refractivity contribution in [3.63, 3.8) is 0 Å². The number of benzene rings is 2. The summed E-state index contributed by atoms with van der Waals surface area (Å²) in [7, 11) is 0. The van der Waals surface area contributed by atoms with Crippen LogP contribution in [-0.2, 0) is 0 Å². The van der Waals surface area contributed by atoms with Crippen molar-refractivity contribution in [1.82, 2.24) is 0 Å². The van der Waals surface area contributed by atoms with Crippen molar-refractivity contribution in [2.24, 2.45) is 0 Å². The van der Waals surface area contributed by atoms with Gasteiger partial charge in [0.25, 0.3) is 0 Å². The molecule has 0 radical (unpaired) electrons. The fourth-order valence-electron chi connectivity index (χ4n) is 2.15. The molecule has 0 aliphatic rings. The van der Waals surface area contributed by atoms with Gasteiger partial charge in [-0.3, -0.25) is 4.79 Å². The third-order valence-corrected chi connectivity index (χ3v) is 4.96. The van der Waals surface area contributed by atoms with Crippen LogP contribution in [0, 0.1) is 0 Å². The van der Waals surface area contributed by atoms with Crippen LogP contribution in [-0.4, -0.2) is 12.5 Å². The molecule has 1 unspecified atom stereocenters. The summed E-state index contributed by atoms with van der Waals surface area (Å²) in [6.45, 7) is 0. The maximum absolute atomic E-state index is 14.4. The summed E-state index contributed by atoms with van der Waals surface area (Å²) in [4.78, 5) is 10.7. The van der Waals surface area contributed by atoms with Crippen LogP contribution in [0.1, 0.15) is 27.4 Å². The maximum Gasteiger partial charge on any atom is 0.399 e. The van der Waals surface area contributed by atoms with E-state index in [-0.39, 0.29) is 36.8 Å². The Morgan fingerprint density at radius 2 is 1.54 bits per heavy atom. The summed E-state index contributed by atoms with van der Waals surface area (Å²) in [6.07, 6.45) is -3.99. The minimum Gasteiger partial charge on any atom is -0.298 e. The normalized spacial score (nSPS) is 13.6. The van der Waals surface area contributed by atoms with Crippen LogP contribution in [0.3, 0.4) is 0 Å². The molecule has 0 aromatic heterocycles. The van der Waals surface area contributed by atoms with Crippen molar-refractivity contribution in [2.75, 3.05) is 0 Å². The van der Waals surface area contributed by atoms with Gasteiger partial charge in [-0.1, -0.05) is 52.5 Å². The first-order valence-electron chi connectivity index (χ1n) is 6.88. The van der Waals surface area contributed by atoms with E-state index in [4.69, 9.17) is 46.4 Å².